The maximum Gasteiger partial charge on any atom is 0.221 e. The molecule has 1 aromatic carbocycles. The summed E-state index contributed by atoms with van der Waals surface area (Å²) >= 11 is 0. The maximum absolute atomic E-state index is 11.6. The molecule has 0 aliphatic heterocycles. The number of carbonyl (C=O) groups excluding carboxylic acids is 1. The van der Waals surface area contributed by atoms with E-state index in [1.54, 1.807) is 0 Å². The fourth-order valence-electron chi connectivity index (χ4n) is 2.30. The monoisotopic (exact) mass is 269 g/mol. The van der Waals surface area contributed by atoms with Crippen LogP contribution in [0.3, 0.4) is 0 Å². The van der Waals surface area contributed by atoms with Crippen molar-refractivity contribution >= 4 is 16.7 Å². The standard InChI is InChI=1S/C16H19N3O/c20-16(19-14-4-5-14)7-9-18-11-13-3-1-2-12-10-17-8-6-15(12)13/h1-3,6,8,10,14,18H,4-5,7,9,11H2,(H,19,20). The molecule has 1 aromatic heterocycles. The van der Waals surface area contributed by atoms with Gasteiger partial charge in [0.1, 0.15) is 0 Å². The fourth-order valence-corrected chi connectivity index (χ4v) is 2.30. The highest BCUT2D eigenvalue weighted by molar-refractivity contribution is 5.84. The van der Waals surface area contributed by atoms with Gasteiger partial charge in [0.25, 0.3) is 0 Å². The number of nitrogens with one attached hydrogen (secondary N) is 2. The zero-order valence-corrected chi connectivity index (χ0v) is 11.4. The summed E-state index contributed by atoms with van der Waals surface area (Å²) in [5, 5.41) is 8.70. The molecular formula is C16H19N3O. The first kappa shape index (κ1) is 13.1. The summed E-state index contributed by atoms with van der Waals surface area (Å²) < 4.78 is 0. The van der Waals surface area contributed by atoms with Crippen molar-refractivity contribution < 1.29 is 4.79 Å². The lowest BCUT2D eigenvalue weighted by Crippen LogP contribution is -2.29. The molecule has 0 atom stereocenters. The highest BCUT2D eigenvalue weighted by Gasteiger charge is 2.22. The molecule has 1 heterocycles. The first-order valence-electron chi connectivity index (χ1n) is 7.14. The van der Waals surface area contributed by atoms with Crippen molar-refractivity contribution in [1.29, 1.82) is 0 Å². The van der Waals surface area contributed by atoms with Crippen LogP contribution in [-0.2, 0) is 11.3 Å². The van der Waals surface area contributed by atoms with Crippen molar-refractivity contribution in [3.63, 3.8) is 0 Å². The highest BCUT2D eigenvalue weighted by Crippen LogP contribution is 2.18. The summed E-state index contributed by atoms with van der Waals surface area (Å²) in [5.41, 5.74) is 1.24. The topological polar surface area (TPSA) is 54.0 Å². The number of hydrogen-bond acceptors (Lipinski definition) is 3. The second-order valence-electron chi connectivity index (χ2n) is 5.28. The van der Waals surface area contributed by atoms with Gasteiger partial charge in [-0.3, -0.25) is 9.78 Å². The Morgan fingerprint density at radius 1 is 1.30 bits per heavy atom. The third-order valence-electron chi connectivity index (χ3n) is 3.56. The molecule has 0 unspecified atom stereocenters. The van der Waals surface area contributed by atoms with Crippen LogP contribution >= 0.6 is 0 Å². The maximum atomic E-state index is 11.6. The summed E-state index contributed by atoms with van der Waals surface area (Å²) in [6, 6.07) is 8.70. The molecule has 1 aliphatic rings. The Bertz CT molecular complexity index is 602. The quantitative estimate of drug-likeness (QED) is 0.789. The molecule has 1 aliphatic carbocycles. The zero-order valence-electron chi connectivity index (χ0n) is 11.4. The Labute approximate surface area is 118 Å². The van der Waals surface area contributed by atoms with Gasteiger partial charge in [-0.1, -0.05) is 18.2 Å². The number of nitrogens with zero attached hydrogens (tertiary/aromatic N) is 1. The molecule has 1 amide bonds. The van der Waals surface area contributed by atoms with Crippen molar-refractivity contribution in [1.82, 2.24) is 15.6 Å². The van der Waals surface area contributed by atoms with E-state index in [-0.39, 0.29) is 5.91 Å². The molecule has 1 fully saturated rings. The van der Waals surface area contributed by atoms with Crippen LogP contribution < -0.4 is 10.6 Å². The van der Waals surface area contributed by atoms with Crippen LogP contribution in [0.4, 0.5) is 0 Å². The largest absolute Gasteiger partial charge is 0.353 e. The van der Waals surface area contributed by atoms with E-state index in [4.69, 9.17) is 0 Å². The second kappa shape index (κ2) is 6.01. The minimum Gasteiger partial charge on any atom is -0.353 e. The van der Waals surface area contributed by atoms with Gasteiger partial charge in [-0.05, 0) is 29.9 Å². The van der Waals surface area contributed by atoms with Crippen molar-refractivity contribution in [2.75, 3.05) is 6.54 Å². The molecule has 2 aromatic rings. The second-order valence-corrected chi connectivity index (χ2v) is 5.28. The van der Waals surface area contributed by atoms with E-state index >= 15 is 0 Å². The Morgan fingerprint density at radius 2 is 2.20 bits per heavy atom. The molecule has 1 saturated carbocycles. The van der Waals surface area contributed by atoms with Crippen LogP contribution in [-0.4, -0.2) is 23.5 Å². The summed E-state index contributed by atoms with van der Waals surface area (Å²) in [4.78, 5) is 15.7. The van der Waals surface area contributed by atoms with Crippen LogP contribution in [0, 0.1) is 0 Å². The van der Waals surface area contributed by atoms with Crippen LogP contribution in [0.25, 0.3) is 10.8 Å². The fraction of sp³-hybridized carbons (Fsp3) is 0.375. The van der Waals surface area contributed by atoms with E-state index in [9.17, 15) is 4.79 Å². The Kier molecular flexibility index (Phi) is 3.92. The first-order valence-corrected chi connectivity index (χ1v) is 7.14. The number of benzene rings is 1. The summed E-state index contributed by atoms with van der Waals surface area (Å²) in [5.74, 6) is 0.155. The van der Waals surface area contributed by atoms with E-state index < -0.39 is 0 Å². The van der Waals surface area contributed by atoms with Gasteiger partial charge in [0, 0.05) is 43.3 Å². The number of aromatic nitrogens is 1. The van der Waals surface area contributed by atoms with E-state index in [2.05, 4.69) is 27.8 Å². The summed E-state index contributed by atoms with van der Waals surface area (Å²) in [6.07, 6.45) is 6.52. The molecule has 4 nitrogen and oxygen atoms in total. The van der Waals surface area contributed by atoms with E-state index in [0.29, 0.717) is 19.0 Å². The molecule has 104 valence electrons. The number of hydrogen-bond donors (Lipinski definition) is 2. The molecule has 3 rings (SSSR count). The number of pyridine rings is 1. The van der Waals surface area contributed by atoms with E-state index in [0.717, 1.165) is 24.8 Å². The third kappa shape index (κ3) is 3.33. The molecule has 0 radical (unpaired) electrons. The molecular weight excluding hydrogens is 250 g/mol. The van der Waals surface area contributed by atoms with Crippen LogP contribution in [0.5, 0.6) is 0 Å². The Balaban J connectivity index is 1.50. The molecule has 2 N–H and O–H groups in total. The molecule has 0 saturated heterocycles. The molecule has 0 bridgehead atoms. The van der Waals surface area contributed by atoms with Crippen LogP contribution in [0.1, 0.15) is 24.8 Å². The number of carbonyl (C=O) groups is 1. The SMILES string of the molecule is O=C(CCNCc1cccc2cnccc12)NC1CC1. The predicted molar refractivity (Wildman–Crippen MR) is 79.2 cm³/mol. The number of amides is 1. The molecule has 0 spiro atoms. The van der Waals surface area contributed by atoms with Gasteiger partial charge < -0.3 is 10.6 Å². The van der Waals surface area contributed by atoms with E-state index in [1.807, 2.05) is 24.5 Å². The van der Waals surface area contributed by atoms with Crippen molar-refractivity contribution in [3.8, 4) is 0 Å². The molecule has 20 heavy (non-hydrogen) atoms. The van der Waals surface area contributed by atoms with Gasteiger partial charge in [0.15, 0.2) is 0 Å². The van der Waals surface area contributed by atoms with E-state index in [1.165, 1.54) is 10.9 Å². The average Bonchev–Trinajstić information content (AvgIpc) is 3.27. The number of rotatable bonds is 6. The lowest BCUT2D eigenvalue weighted by Gasteiger charge is -2.08. The minimum atomic E-state index is 0.155. The van der Waals surface area contributed by atoms with Gasteiger partial charge in [-0.25, -0.2) is 0 Å². The summed E-state index contributed by atoms with van der Waals surface area (Å²) in [7, 11) is 0. The average molecular weight is 269 g/mol. The minimum absolute atomic E-state index is 0.155. The van der Waals surface area contributed by atoms with Gasteiger partial charge >= 0.3 is 0 Å². The van der Waals surface area contributed by atoms with Crippen molar-refractivity contribution in [2.45, 2.75) is 31.8 Å². The first-order chi connectivity index (χ1) is 9.83. The highest BCUT2D eigenvalue weighted by atomic mass is 16.1. The lowest BCUT2D eigenvalue weighted by molar-refractivity contribution is -0.121. The van der Waals surface area contributed by atoms with Crippen LogP contribution in [0.15, 0.2) is 36.7 Å². The predicted octanol–water partition coefficient (Wildman–Crippen LogP) is 1.99. The summed E-state index contributed by atoms with van der Waals surface area (Å²) in [6.45, 7) is 1.48. The van der Waals surface area contributed by atoms with Crippen molar-refractivity contribution in [3.05, 3.63) is 42.2 Å². The van der Waals surface area contributed by atoms with Crippen molar-refractivity contribution in [2.24, 2.45) is 0 Å². The molecule has 4 heteroatoms. The zero-order chi connectivity index (χ0) is 13.8. The Morgan fingerprint density at radius 3 is 3.05 bits per heavy atom. The Hall–Kier alpha value is -1.94. The number of fused-ring (bicyclic) bond motifs is 1. The normalized spacial score (nSPS) is 14.4. The van der Waals surface area contributed by atoms with Gasteiger partial charge in [0.2, 0.25) is 5.91 Å². The van der Waals surface area contributed by atoms with Gasteiger partial charge in [-0.2, -0.15) is 0 Å². The lowest BCUT2D eigenvalue weighted by atomic mass is 10.1. The van der Waals surface area contributed by atoms with Gasteiger partial charge in [0.05, 0.1) is 0 Å². The smallest absolute Gasteiger partial charge is 0.221 e. The van der Waals surface area contributed by atoms with Crippen LogP contribution in [0.2, 0.25) is 0 Å². The third-order valence-corrected chi connectivity index (χ3v) is 3.56. The van der Waals surface area contributed by atoms with Gasteiger partial charge in [-0.15, -0.1) is 0 Å².